The first-order chi connectivity index (χ1) is 11.3. The number of nitrogens with one attached hydrogen (secondary N) is 1. The lowest BCUT2D eigenvalue weighted by Crippen LogP contribution is -2.49. The van der Waals surface area contributed by atoms with E-state index in [-0.39, 0.29) is 5.91 Å². The minimum atomic E-state index is -1.12. The number of hydrogen-bond acceptors (Lipinski definition) is 4. The average molecular weight is 350 g/mol. The minimum Gasteiger partial charge on any atom is -0.479 e. The van der Waals surface area contributed by atoms with Crippen LogP contribution in [0.5, 0.6) is 0 Å². The number of carboxylic acid groups (broad SMARTS) is 1. The summed E-state index contributed by atoms with van der Waals surface area (Å²) >= 11 is 1.50. The maximum atomic E-state index is 12.6. The summed E-state index contributed by atoms with van der Waals surface area (Å²) in [4.78, 5) is 37.6. The lowest BCUT2D eigenvalue weighted by atomic mass is 10.0. The van der Waals surface area contributed by atoms with E-state index in [0.29, 0.717) is 23.6 Å². The van der Waals surface area contributed by atoms with E-state index < -0.39 is 24.0 Å². The van der Waals surface area contributed by atoms with Crippen molar-refractivity contribution in [3.63, 3.8) is 0 Å². The van der Waals surface area contributed by atoms with Crippen molar-refractivity contribution in [3.8, 4) is 0 Å². The second kappa shape index (κ2) is 7.70. The average Bonchev–Trinajstić information content (AvgIpc) is 2.99. The van der Waals surface area contributed by atoms with Gasteiger partial charge in [0.25, 0.3) is 0 Å². The third-order valence-electron chi connectivity index (χ3n) is 3.92. The maximum absolute atomic E-state index is 12.6. The fourth-order valence-corrected chi connectivity index (χ4v) is 3.99. The summed E-state index contributed by atoms with van der Waals surface area (Å²) in [6.07, 6.45) is 0.323. The smallest absolute Gasteiger partial charge is 0.330 e. The Hall–Kier alpha value is -2.02. The van der Waals surface area contributed by atoms with E-state index in [1.165, 1.54) is 16.7 Å². The fourth-order valence-electron chi connectivity index (χ4n) is 2.81. The molecule has 2 N–H and O–H groups in total. The number of benzene rings is 1. The van der Waals surface area contributed by atoms with Crippen molar-refractivity contribution in [2.45, 2.75) is 39.3 Å². The predicted molar refractivity (Wildman–Crippen MR) is 92.7 cm³/mol. The van der Waals surface area contributed by atoms with E-state index >= 15 is 0 Å². The van der Waals surface area contributed by atoms with Gasteiger partial charge in [0.15, 0.2) is 6.04 Å². The number of aryl methyl sites for hydroxylation is 2. The SMILES string of the molecule is CCC(=O)N1CSCC1C(=O)NC(C(=O)O)c1cc(C)cc(C)c1. The van der Waals surface area contributed by atoms with Crippen LogP contribution >= 0.6 is 11.8 Å². The molecule has 0 aliphatic carbocycles. The highest BCUT2D eigenvalue weighted by molar-refractivity contribution is 7.99. The fraction of sp³-hybridized carbons (Fsp3) is 0.471. The monoisotopic (exact) mass is 350 g/mol. The second-order valence-electron chi connectivity index (χ2n) is 5.93. The zero-order valence-corrected chi connectivity index (χ0v) is 14.9. The topological polar surface area (TPSA) is 86.7 Å². The van der Waals surface area contributed by atoms with Gasteiger partial charge in [-0.3, -0.25) is 9.59 Å². The number of carbonyl (C=O) groups excluding carboxylic acids is 2. The summed E-state index contributed by atoms with van der Waals surface area (Å²) in [5, 5.41) is 12.1. The van der Waals surface area contributed by atoms with Crippen LogP contribution < -0.4 is 5.32 Å². The molecular weight excluding hydrogens is 328 g/mol. The highest BCUT2D eigenvalue weighted by Gasteiger charge is 2.36. The van der Waals surface area contributed by atoms with Gasteiger partial charge >= 0.3 is 5.97 Å². The maximum Gasteiger partial charge on any atom is 0.330 e. The Morgan fingerprint density at radius 2 is 1.92 bits per heavy atom. The molecule has 0 aromatic heterocycles. The van der Waals surface area contributed by atoms with Crippen LogP contribution in [0.2, 0.25) is 0 Å². The van der Waals surface area contributed by atoms with Crippen molar-refractivity contribution < 1.29 is 19.5 Å². The van der Waals surface area contributed by atoms with Crippen LogP contribution in [0, 0.1) is 13.8 Å². The van der Waals surface area contributed by atoms with Crippen LogP contribution in [-0.2, 0) is 14.4 Å². The molecule has 1 fully saturated rings. The molecule has 0 bridgehead atoms. The first-order valence-corrected chi connectivity index (χ1v) is 8.97. The van der Waals surface area contributed by atoms with Gasteiger partial charge in [0.1, 0.15) is 6.04 Å². The van der Waals surface area contributed by atoms with E-state index in [4.69, 9.17) is 0 Å². The van der Waals surface area contributed by atoms with Crippen molar-refractivity contribution in [2.24, 2.45) is 0 Å². The van der Waals surface area contributed by atoms with Crippen LogP contribution in [0.3, 0.4) is 0 Å². The van der Waals surface area contributed by atoms with E-state index in [0.717, 1.165) is 11.1 Å². The van der Waals surface area contributed by atoms with Gasteiger partial charge in [-0.25, -0.2) is 4.79 Å². The van der Waals surface area contributed by atoms with Gasteiger partial charge in [0, 0.05) is 12.2 Å². The first kappa shape index (κ1) is 18.3. The number of rotatable bonds is 5. The summed E-state index contributed by atoms with van der Waals surface area (Å²) in [6.45, 7) is 5.51. The Morgan fingerprint density at radius 3 is 2.46 bits per heavy atom. The molecule has 2 rings (SSSR count). The number of carbonyl (C=O) groups is 3. The molecule has 24 heavy (non-hydrogen) atoms. The molecule has 6 nitrogen and oxygen atoms in total. The number of aliphatic carboxylic acids is 1. The molecule has 2 atom stereocenters. The van der Waals surface area contributed by atoms with Gasteiger partial charge in [-0.2, -0.15) is 0 Å². The summed E-state index contributed by atoms with van der Waals surface area (Å²) in [6, 6.07) is 3.71. The zero-order chi connectivity index (χ0) is 17.9. The predicted octanol–water partition coefficient (Wildman–Crippen LogP) is 1.86. The van der Waals surface area contributed by atoms with E-state index in [9.17, 15) is 19.5 Å². The van der Waals surface area contributed by atoms with Crippen molar-refractivity contribution in [3.05, 3.63) is 34.9 Å². The molecular formula is C17H22N2O4S. The van der Waals surface area contributed by atoms with Crippen LogP contribution in [-0.4, -0.2) is 45.5 Å². The Bertz CT molecular complexity index is 642. The lowest BCUT2D eigenvalue weighted by Gasteiger charge is -2.24. The van der Waals surface area contributed by atoms with Crippen LogP contribution in [0.4, 0.5) is 0 Å². The molecule has 1 aromatic rings. The summed E-state index contributed by atoms with van der Waals surface area (Å²) in [5.41, 5.74) is 2.40. The van der Waals surface area contributed by atoms with Crippen LogP contribution in [0.15, 0.2) is 18.2 Å². The molecule has 0 radical (unpaired) electrons. The van der Waals surface area contributed by atoms with Gasteiger partial charge in [-0.1, -0.05) is 36.2 Å². The molecule has 1 saturated heterocycles. The van der Waals surface area contributed by atoms with Gasteiger partial charge < -0.3 is 15.3 Å². The summed E-state index contributed by atoms with van der Waals surface area (Å²) in [7, 11) is 0. The number of thioether (sulfide) groups is 1. The molecule has 1 aliphatic heterocycles. The molecule has 1 aromatic carbocycles. The van der Waals surface area contributed by atoms with E-state index in [1.807, 2.05) is 19.9 Å². The van der Waals surface area contributed by atoms with Crippen LogP contribution in [0.1, 0.15) is 36.1 Å². The number of hydrogen-bond donors (Lipinski definition) is 2. The number of nitrogens with zero attached hydrogens (tertiary/aromatic N) is 1. The molecule has 1 heterocycles. The largest absolute Gasteiger partial charge is 0.479 e. The molecule has 1 aliphatic rings. The number of amides is 2. The molecule has 2 unspecified atom stereocenters. The second-order valence-corrected chi connectivity index (χ2v) is 6.93. The van der Waals surface area contributed by atoms with Gasteiger partial charge in [-0.05, 0) is 19.4 Å². The molecule has 0 spiro atoms. The molecule has 130 valence electrons. The summed E-state index contributed by atoms with van der Waals surface area (Å²) in [5.74, 6) is -0.692. The Balaban J connectivity index is 2.20. The van der Waals surface area contributed by atoms with Gasteiger partial charge in [0.2, 0.25) is 11.8 Å². The molecule has 2 amide bonds. The van der Waals surface area contributed by atoms with Gasteiger partial charge in [0.05, 0.1) is 5.88 Å². The number of carboxylic acids is 1. The Kier molecular flexibility index (Phi) is 5.88. The Labute approximate surface area is 145 Å². The van der Waals surface area contributed by atoms with Crippen molar-refractivity contribution >= 4 is 29.5 Å². The normalized spacial score (nSPS) is 18.3. The third-order valence-corrected chi connectivity index (χ3v) is 4.93. The van der Waals surface area contributed by atoms with E-state index in [2.05, 4.69) is 5.32 Å². The third kappa shape index (κ3) is 4.08. The summed E-state index contributed by atoms with van der Waals surface area (Å²) < 4.78 is 0. The van der Waals surface area contributed by atoms with Crippen molar-refractivity contribution in [2.75, 3.05) is 11.6 Å². The van der Waals surface area contributed by atoms with Crippen molar-refractivity contribution in [1.29, 1.82) is 0 Å². The highest BCUT2D eigenvalue weighted by atomic mass is 32.2. The molecule has 0 saturated carbocycles. The quantitative estimate of drug-likeness (QED) is 0.846. The highest BCUT2D eigenvalue weighted by Crippen LogP contribution is 2.23. The lowest BCUT2D eigenvalue weighted by molar-refractivity contribution is -0.143. The van der Waals surface area contributed by atoms with E-state index in [1.54, 1.807) is 19.1 Å². The minimum absolute atomic E-state index is 0.0987. The first-order valence-electron chi connectivity index (χ1n) is 7.82. The van der Waals surface area contributed by atoms with Gasteiger partial charge in [-0.15, -0.1) is 11.8 Å². The standard InChI is InChI=1S/C17H22N2O4S/c1-4-14(20)19-9-24-8-13(19)16(21)18-15(17(22)23)12-6-10(2)5-11(3)7-12/h5-7,13,15H,4,8-9H2,1-3H3,(H,18,21)(H,22,23). The van der Waals surface area contributed by atoms with Crippen molar-refractivity contribution in [1.82, 2.24) is 10.2 Å². The Morgan fingerprint density at radius 1 is 1.29 bits per heavy atom. The van der Waals surface area contributed by atoms with Crippen LogP contribution in [0.25, 0.3) is 0 Å². The molecule has 7 heteroatoms. The zero-order valence-electron chi connectivity index (χ0n) is 14.0.